The number of thioether (sulfide) groups is 1. The Labute approximate surface area is 107 Å². The molecule has 0 amide bonds. The molecular weight excluding hydrogens is 230 g/mol. The molecule has 1 aromatic rings. The highest BCUT2D eigenvalue weighted by Gasteiger charge is 2.21. The molecule has 92 valence electrons. The van der Waals surface area contributed by atoms with E-state index in [1.165, 1.54) is 29.8 Å². The van der Waals surface area contributed by atoms with Gasteiger partial charge < -0.3 is 10.1 Å². The van der Waals surface area contributed by atoms with Gasteiger partial charge in [0.05, 0.1) is 4.90 Å². The van der Waals surface area contributed by atoms with E-state index < -0.39 is 0 Å². The first-order valence-corrected chi connectivity index (χ1v) is 7.42. The Hall–Kier alpha value is -0.670. The summed E-state index contributed by atoms with van der Waals surface area (Å²) in [6, 6.07) is 7.18. The maximum absolute atomic E-state index is 5.57. The Morgan fingerprint density at radius 2 is 2.35 bits per heavy atom. The lowest BCUT2D eigenvalue weighted by Crippen LogP contribution is -2.29. The normalized spacial score (nSPS) is 19.8. The SMILES string of the molecule is CC(Cc1ccc2c(c1)OCS2)NCC1CC1. The molecule has 3 rings (SSSR count). The van der Waals surface area contributed by atoms with Crippen LogP contribution in [0.3, 0.4) is 0 Å². The van der Waals surface area contributed by atoms with Crippen molar-refractivity contribution < 1.29 is 4.74 Å². The predicted molar refractivity (Wildman–Crippen MR) is 71.7 cm³/mol. The molecule has 0 radical (unpaired) electrons. The lowest BCUT2D eigenvalue weighted by Gasteiger charge is -2.14. The number of ether oxygens (including phenoxy) is 1. The van der Waals surface area contributed by atoms with Gasteiger partial charge in [-0.2, -0.15) is 0 Å². The molecule has 1 aliphatic heterocycles. The minimum Gasteiger partial charge on any atom is -0.481 e. The molecule has 1 N–H and O–H groups in total. The van der Waals surface area contributed by atoms with Gasteiger partial charge in [-0.05, 0) is 56.3 Å². The van der Waals surface area contributed by atoms with Gasteiger partial charge in [-0.25, -0.2) is 0 Å². The third kappa shape index (κ3) is 2.96. The molecule has 3 heteroatoms. The van der Waals surface area contributed by atoms with Crippen molar-refractivity contribution in [2.24, 2.45) is 5.92 Å². The number of fused-ring (bicyclic) bond motifs is 1. The molecular formula is C14H19NOS. The van der Waals surface area contributed by atoms with E-state index in [1.807, 2.05) is 0 Å². The topological polar surface area (TPSA) is 21.3 Å². The van der Waals surface area contributed by atoms with Crippen molar-refractivity contribution in [1.82, 2.24) is 5.32 Å². The van der Waals surface area contributed by atoms with Crippen LogP contribution in [-0.4, -0.2) is 18.5 Å². The monoisotopic (exact) mass is 249 g/mol. The van der Waals surface area contributed by atoms with E-state index in [1.54, 1.807) is 11.8 Å². The minimum atomic E-state index is 0.558. The second-order valence-corrected chi connectivity index (χ2v) is 6.11. The van der Waals surface area contributed by atoms with Crippen LogP contribution in [0.2, 0.25) is 0 Å². The smallest absolute Gasteiger partial charge is 0.138 e. The van der Waals surface area contributed by atoms with Crippen molar-refractivity contribution in [2.75, 3.05) is 12.5 Å². The van der Waals surface area contributed by atoms with E-state index in [4.69, 9.17) is 4.74 Å². The Morgan fingerprint density at radius 1 is 1.47 bits per heavy atom. The second-order valence-electron chi connectivity index (χ2n) is 5.14. The average Bonchev–Trinajstić information content (AvgIpc) is 3.04. The van der Waals surface area contributed by atoms with Gasteiger partial charge in [0.1, 0.15) is 11.7 Å². The van der Waals surface area contributed by atoms with E-state index in [0.717, 1.165) is 24.0 Å². The molecule has 1 aliphatic carbocycles. The number of rotatable bonds is 5. The fourth-order valence-corrected chi connectivity index (χ4v) is 2.92. The van der Waals surface area contributed by atoms with E-state index in [2.05, 4.69) is 30.4 Å². The summed E-state index contributed by atoms with van der Waals surface area (Å²) in [5.41, 5.74) is 1.38. The summed E-state index contributed by atoms with van der Waals surface area (Å²) in [6.45, 7) is 3.46. The van der Waals surface area contributed by atoms with Crippen LogP contribution in [0, 0.1) is 5.92 Å². The number of benzene rings is 1. The molecule has 1 heterocycles. The fourth-order valence-electron chi connectivity index (χ4n) is 2.18. The summed E-state index contributed by atoms with van der Waals surface area (Å²) in [5, 5.41) is 3.61. The molecule has 17 heavy (non-hydrogen) atoms. The van der Waals surface area contributed by atoms with Gasteiger partial charge in [0.25, 0.3) is 0 Å². The maximum atomic E-state index is 5.57. The first-order valence-electron chi connectivity index (χ1n) is 6.43. The standard InChI is InChI=1S/C14H19NOS/c1-10(15-8-11-2-3-11)6-12-4-5-14-13(7-12)16-9-17-14/h4-5,7,10-11,15H,2-3,6,8-9H2,1H3. The summed E-state index contributed by atoms with van der Waals surface area (Å²) < 4.78 is 5.57. The third-order valence-corrected chi connectivity index (χ3v) is 4.31. The largest absolute Gasteiger partial charge is 0.481 e. The summed E-state index contributed by atoms with van der Waals surface area (Å²) in [7, 11) is 0. The molecule has 1 aromatic carbocycles. The van der Waals surface area contributed by atoms with E-state index in [0.29, 0.717) is 6.04 Å². The molecule has 2 nitrogen and oxygen atoms in total. The van der Waals surface area contributed by atoms with Gasteiger partial charge in [-0.3, -0.25) is 0 Å². The summed E-state index contributed by atoms with van der Waals surface area (Å²) in [6.07, 6.45) is 3.93. The van der Waals surface area contributed by atoms with E-state index >= 15 is 0 Å². The first-order chi connectivity index (χ1) is 8.31. The minimum absolute atomic E-state index is 0.558. The zero-order valence-corrected chi connectivity index (χ0v) is 11.1. The molecule has 1 atom stereocenters. The van der Waals surface area contributed by atoms with Crippen molar-refractivity contribution in [1.29, 1.82) is 0 Å². The van der Waals surface area contributed by atoms with Crippen LogP contribution in [0.4, 0.5) is 0 Å². The molecule has 1 saturated carbocycles. The van der Waals surface area contributed by atoms with Gasteiger partial charge >= 0.3 is 0 Å². The van der Waals surface area contributed by atoms with Gasteiger partial charge in [0.15, 0.2) is 0 Å². The molecule has 0 spiro atoms. The zero-order chi connectivity index (χ0) is 11.7. The summed E-state index contributed by atoms with van der Waals surface area (Å²) in [5.74, 6) is 2.80. The Kier molecular flexibility index (Phi) is 3.30. The predicted octanol–water partition coefficient (Wildman–Crippen LogP) is 3.06. The average molecular weight is 249 g/mol. The van der Waals surface area contributed by atoms with Crippen molar-refractivity contribution in [3.63, 3.8) is 0 Å². The van der Waals surface area contributed by atoms with Crippen molar-refractivity contribution >= 4 is 11.8 Å². The Balaban J connectivity index is 1.56. The zero-order valence-electron chi connectivity index (χ0n) is 10.2. The van der Waals surface area contributed by atoms with Gasteiger partial charge in [-0.1, -0.05) is 17.8 Å². The Bertz CT molecular complexity index is 403. The third-order valence-electron chi connectivity index (χ3n) is 3.43. The van der Waals surface area contributed by atoms with E-state index in [-0.39, 0.29) is 0 Å². The second kappa shape index (κ2) is 4.91. The van der Waals surface area contributed by atoms with Crippen LogP contribution in [0.25, 0.3) is 0 Å². The Morgan fingerprint density at radius 3 is 3.18 bits per heavy atom. The summed E-state index contributed by atoms with van der Waals surface area (Å²) >= 11 is 1.78. The first kappa shape index (κ1) is 11.4. The molecule has 1 unspecified atom stereocenters. The lowest BCUT2D eigenvalue weighted by molar-refractivity contribution is 0.397. The maximum Gasteiger partial charge on any atom is 0.138 e. The number of nitrogens with one attached hydrogen (secondary N) is 1. The van der Waals surface area contributed by atoms with Crippen molar-refractivity contribution in [3.05, 3.63) is 23.8 Å². The highest BCUT2D eigenvalue weighted by Crippen LogP contribution is 2.36. The molecule has 0 aromatic heterocycles. The van der Waals surface area contributed by atoms with Crippen LogP contribution in [0.1, 0.15) is 25.3 Å². The van der Waals surface area contributed by atoms with Crippen molar-refractivity contribution in [3.8, 4) is 5.75 Å². The molecule has 1 fully saturated rings. The highest BCUT2D eigenvalue weighted by atomic mass is 32.2. The quantitative estimate of drug-likeness (QED) is 0.866. The van der Waals surface area contributed by atoms with Crippen molar-refractivity contribution in [2.45, 2.75) is 37.1 Å². The van der Waals surface area contributed by atoms with Crippen LogP contribution in [0.5, 0.6) is 5.75 Å². The summed E-state index contributed by atoms with van der Waals surface area (Å²) in [4.78, 5) is 1.28. The van der Waals surface area contributed by atoms with Crippen LogP contribution in [-0.2, 0) is 6.42 Å². The highest BCUT2D eigenvalue weighted by molar-refractivity contribution is 7.99. The van der Waals surface area contributed by atoms with Crippen LogP contribution >= 0.6 is 11.8 Å². The fraction of sp³-hybridized carbons (Fsp3) is 0.571. The van der Waals surface area contributed by atoms with Gasteiger partial charge in [0, 0.05) is 6.04 Å². The van der Waals surface area contributed by atoms with Crippen LogP contribution < -0.4 is 10.1 Å². The molecule has 0 bridgehead atoms. The van der Waals surface area contributed by atoms with Gasteiger partial charge in [0.2, 0.25) is 0 Å². The van der Waals surface area contributed by atoms with Crippen LogP contribution in [0.15, 0.2) is 23.1 Å². The lowest BCUT2D eigenvalue weighted by atomic mass is 10.1. The molecule has 2 aliphatic rings. The number of hydrogen-bond donors (Lipinski definition) is 1. The van der Waals surface area contributed by atoms with E-state index in [9.17, 15) is 0 Å². The van der Waals surface area contributed by atoms with Gasteiger partial charge in [-0.15, -0.1) is 0 Å². The molecule has 0 saturated heterocycles. The number of hydrogen-bond acceptors (Lipinski definition) is 3.